The van der Waals surface area contributed by atoms with E-state index in [4.69, 9.17) is 12.3 Å². The largest absolute Gasteiger partial charge is 0.397 e. The normalized spacial score (nSPS) is 10.8. The average Bonchev–Trinajstić information content (AvgIpc) is 2.80. The van der Waals surface area contributed by atoms with Gasteiger partial charge in [-0.15, -0.1) is 0 Å². The number of pyridine rings is 2. The molecule has 190 valence electrons. The Labute approximate surface area is 207 Å². The molecule has 0 aromatic carbocycles. The first kappa shape index (κ1) is 27.9. The summed E-state index contributed by atoms with van der Waals surface area (Å²) >= 11 is 0. The lowest BCUT2D eigenvalue weighted by Crippen LogP contribution is -2.27. The van der Waals surface area contributed by atoms with Crippen LogP contribution in [0.4, 0.5) is 20.2 Å². The fraction of sp³-hybridized carbons (Fsp3) is 0.320. The lowest BCUT2D eigenvalue weighted by molar-refractivity contribution is 0.624. The van der Waals surface area contributed by atoms with Gasteiger partial charge in [-0.1, -0.05) is 21.3 Å². The maximum atomic E-state index is 14.1. The first-order valence-electron chi connectivity index (χ1n) is 10.8. The second-order valence-electron chi connectivity index (χ2n) is 8.26. The molecular formula is C25H29F2N7O2. The highest BCUT2D eigenvalue weighted by atomic mass is 19.1. The smallest absolute Gasteiger partial charge is 0.299 e. The van der Waals surface area contributed by atoms with Crippen LogP contribution < -0.4 is 22.2 Å². The van der Waals surface area contributed by atoms with Crippen LogP contribution in [0.5, 0.6) is 0 Å². The number of fused-ring (bicyclic) bond motifs is 2. The SMILES string of the molecule is C.CCc1cc(=O)n2cc(N)cc(F)c2n1.[C-]#[N+]C(C)(C)Nc1cc(F)c2nc(CC)cc(=O)n2c1. The van der Waals surface area contributed by atoms with Crippen molar-refractivity contribution in [2.45, 2.75) is 53.6 Å². The molecule has 0 atom stereocenters. The van der Waals surface area contributed by atoms with Gasteiger partial charge in [0.2, 0.25) is 0 Å². The van der Waals surface area contributed by atoms with Gasteiger partial charge in [-0.3, -0.25) is 23.2 Å². The molecule has 0 amide bonds. The molecule has 4 aromatic rings. The van der Waals surface area contributed by atoms with Crippen molar-refractivity contribution in [3.8, 4) is 0 Å². The number of aryl methyl sites for hydroxylation is 2. The Morgan fingerprint density at radius 2 is 1.42 bits per heavy atom. The number of nitrogens with one attached hydrogen (secondary N) is 1. The third-order valence-corrected chi connectivity index (χ3v) is 5.01. The van der Waals surface area contributed by atoms with Gasteiger partial charge >= 0.3 is 0 Å². The Bertz CT molecular complexity index is 1570. The van der Waals surface area contributed by atoms with Crippen molar-refractivity contribution in [2.24, 2.45) is 0 Å². The third-order valence-electron chi connectivity index (χ3n) is 5.01. The van der Waals surface area contributed by atoms with E-state index in [1.807, 2.05) is 13.8 Å². The molecule has 3 N–H and O–H groups in total. The van der Waals surface area contributed by atoms with Gasteiger partial charge in [0.15, 0.2) is 22.9 Å². The minimum atomic E-state index is -0.874. The fourth-order valence-corrected chi connectivity index (χ4v) is 3.25. The van der Waals surface area contributed by atoms with Gasteiger partial charge in [0.25, 0.3) is 16.8 Å². The van der Waals surface area contributed by atoms with Crippen LogP contribution >= 0.6 is 0 Å². The Morgan fingerprint density at radius 1 is 0.944 bits per heavy atom. The van der Waals surface area contributed by atoms with Crippen LogP contribution in [0.2, 0.25) is 0 Å². The van der Waals surface area contributed by atoms with Gasteiger partial charge in [-0.2, -0.15) is 0 Å². The molecule has 0 aliphatic carbocycles. The van der Waals surface area contributed by atoms with Crippen molar-refractivity contribution < 1.29 is 8.78 Å². The molecule has 0 aliphatic heterocycles. The minimum absolute atomic E-state index is 0. The van der Waals surface area contributed by atoms with Crippen molar-refractivity contribution in [1.82, 2.24) is 18.8 Å². The summed E-state index contributed by atoms with van der Waals surface area (Å²) in [5, 5.41) is 2.88. The summed E-state index contributed by atoms with van der Waals surface area (Å²) in [6.07, 6.45) is 3.98. The average molecular weight is 498 g/mol. The van der Waals surface area contributed by atoms with E-state index in [1.165, 1.54) is 30.6 Å². The minimum Gasteiger partial charge on any atom is -0.397 e. The Hall–Kier alpha value is -4.33. The highest BCUT2D eigenvalue weighted by Gasteiger charge is 2.22. The molecule has 4 rings (SSSR count). The predicted octanol–water partition coefficient (Wildman–Crippen LogP) is 4.08. The van der Waals surface area contributed by atoms with Gasteiger partial charge in [-0.05, 0) is 12.8 Å². The molecule has 4 aromatic heterocycles. The van der Waals surface area contributed by atoms with Crippen LogP contribution in [0.15, 0.2) is 46.2 Å². The Kier molecular flexibility index (Phi) is 8.48. The van der Waals surface area contributed by atoms with E-state index in [2.05, 4.69) is 20.1 Å². The van der Waals surface area contributed by atoms with Gasteiger partial charge in [-0.25, -0.2) is 25.3 Å². The number of rotatable bonds is 4. The molecule has 0 saturated carbocycles. The molecule has 0 unspecified atom stereocenters. The number of nitrogens with two attached hydrogens (primary N) is 1. The van der Waals surface area contributed by atoms with Crippen LogP contribution in [-0.4, -0.2) is 24.4 Å². The van der Waals surface area contributed by atoms with Crippen LogP contribution in [0.25, 0.3) is 16.1 Å². The molecule has 0 saturated heterocycles. The highest BCUT2D eigenvalue weighted by molar-refractivity contribution is 5.53. The lowest BCUT2D eigenvalue weighted by atomic mass is 10.2. The number of nitrogens with zero attached hydrogens (tertiary/aromatic N) is 5. The zero-order valence-electron chi connectivity index (χ0n) is 19.8. The predicted molar refractivity (Wildman–Crippen MR) is 137 cm³/mol. The van der Waals surface area contributed by atoms with Crippen molar-refractivity contribution in [2.75, 3.05) is 11.1 Å². The number of hydrogen-bond donors (Lipinski definition) is 2. The molecule has 0 aliphatic rings. The molecule has 4 heterocycles. The zero-order chi connectivity index (χ0) is 25.9. The Balaban J connectivity index is 0.000000256. The van der Waals surface area contributed by atoms with Gasteiger partial charge in [0.1, 0.15) is 0 Å². The quantitative estimate of drug-likeness (QED) is 0.411. The maximum absolute atomic E-state index is 14.1. The van der Waals surface area contributed by atoms with E-state index >= 15 is 0 Å². The van der Waals surface area contributed by atoms with E-state index in [1.54, 1.807) is 13.8 Å². The van der Waals surface area contributed by atoms with E-state index < -0.39 is 17.3 Å². The van der Waals surface area contributed by atoms with Crippen LogP contribution in [0.3, 0.4) is 0 Å². The van der Waals surface area contributed by atoms with Crippen molar-refractivity contribution in [3.63, 3.8) is 0 Å². The summed E-state index contributed by atoms with van der Waals surface area (Å²) in [6, 6.07) is 5.16. The number of nitrogen functional groups attached to an aromatic ring is 1. The zero-order valence-corrected chi connectivity index (χ0v) is 19.8. The third kappa shape index (κ3) is 6.02. The van der Waals surface area contributed by atoms with E-state index in [0.29, 0.717) is 29.9 Å². The molecule has 36 heavy (non-hydrogen) atoms. The monoisotopic (exact) mass is 497 g/mol. The second-order valence-corrected chi connectivity index (χ2v) is 8.26. The molecule has 9 nitrogen and oxygen atoms in total. The van der Waals surface area contributed by atoms with Crippen molar-refractivity contribution in [3.05, 3.63) is 91.8 Å². The maximum Gasteiger partial charge on any atom is 0.299 e. The summed E-state index contributed by atoms with van der Waals surface area (Å²) in [5.41, 5.74) is 5.62. The first-order valence-corrected chi connectivity index (χ1v) is 10.8. The van der Waals surface area contributed by atoms with Gasteiger partial charge in [0.05, 0.1) is 11.4 Å². The van der Waals surface area contributed by atoms with Gasteiger partial charge in [0, 0.05) is 61.9 Å². The summed E-state index contributed by atoms with van der Waals surface area (Å²) < 4.78 is 29.8. The molecule has 11 heteroatoms. The van der Waals surface area contributed by atoms with Crippen LogP contribution in [0.1, 0.15) is 46.5 Å². The first-order chi connectivity index (χ1) is 16.5. The van der Waals surface area contributed by atoms with E-state index in [9.17, 15) is 18.4 Å². The molecule has 0 fully saturated rings. The highest BCUT2D eigenvalue weighted by Crippen LogP contribution is 2.19. The second kappa shape index (κ2) is 10.9. The summed E-state index contributed by atoms with van der Waals surface area (Å²) in [5.74, 6) is -1.18. The number of aromatic nitrogens is 4. The Morgan fingerprint density at radius 3 is 1.89 bits per heavy atom. The standard InChI is InChI=1S/C14H15FN4O.C10H10FN3O.CH4/c1-5-9-7-12(20)19-8-10(18-14(2,3)16-4)6-11(15)13(19)17-9;1-2-7-4-9(15)14-5-6(12)3-8(11)10(14)13-7;/h6-8,18H,5H2,1-3H3;3-5H,2,12H2,1H3;1H4. The van der Waals surface area contributed by atoms with Crippen LogP contribution in [-0.2, 0) is 12.8 Å². The molecule has 0 radical (unpaired) electrons. The van der Waals surface area contributed by atoms with E-state index in [0.717, 1.165) is 14.9 Å². The van der Waals surface area contributed by atoms with Crippen molar-refractivity contribution in [1.29, 1.82) is 0 Å². The summed E-state index contributed by atoms with van der Waals surface area (Å²) in [7, 11) is 0. The number of halogens is 2. The van der Waals surface area contributed by atoms with Crippen molar-refractivity contribution >= 4 is 22.7 Å². The van der Waals surface area contributed by atoms with Crippen LogP contribution in [0, 0.1) is 18.2 Å². The molecular weight excluding hydrogens is 468 g/mol. The summed E-state index contributed by atoms with van der Waals surface area (Å²) in [4.78, 5) is 35.1. The topological polar surface area (TPSA) is 111 Å². The fourth-order valence-electron chi connectivity index (χ4n) is 3.25. The van der Waals surface area contributed by atoms with Gasteiger partial charge < -0.3 is 11.1 Å². The van der Waals surface area contributed by atoms with E-state index in [-0.39, 0.29) is 35.5 Å². The molecule has 0 spiro atoms. The molecule has 0 bridgehead atoms. The number of hydrogen-bond acceptors (Lipinski definition) is 6. The summed E-state index contributed by atoms with van der Waals surface area (Å²) in [6.45, 7) is 14.1. The lowest BCUT2D eigenvalue weighted by Gasteiger charge is -2.15. The number of anilines is 2.